The second-order valence-electron chi connectivity index (χ2n) is 4.59. The molecule has 0 aromatic heterocycles. The van der Waals surface area contributed by atoms with Crippen molar-refractivity contribution in [3.05, 3.63) is 0 Å². The molecule has 0 aliphatic heterocycles. The van der Waals surface area contributed by atoms with E-state index in [2.05, 4.69) is 20.7 Å². The molecule has 0 aromatic rings. The molecular formula is C10H21BrN2O2S. The number of hydrogen-bond acceptors (Lipinski definition) is 2. The lowest BCUT2D eigenvalue weighted by atomic mass is 9.80. The van der Waals surface area contributed by atoms with Crippen LogP contribution in [0.1, 0.15) is 25.7 Å². The summed E-state index contributed by atoms with van der Waals surface area (Å²) in [5.41, 5.74) is 0. The fourth-order valence-corrected chi connectivity index (χ4v) is 3.63. The smallest absolute Gasteiger partial charge is 0.202 e. The Balaban J connectivity index is 2.47. The largest absolute Gasteiger partial charge is 0.278 e. The highest BCUT2D eigenvalue weighted by molar-refractivity contribution is 9.09. The van der Waals surface area contributed by atoms with E-state index in [0.717, 1.165) is 11.8 Å². The van der Waals surface area contributed by atoms with Crippen molar-refractivity contribution in [2.45, 2.75) is 25.7 Å². The van der Waals surface area contributed by atoms with Crippen molar-refractivity contribution >= 4 is 26.1 Å². The number of alkyl halides is 1. The van der Waals surface area contributed by atoms with Crippen LogP contribution in [0.5, 0.6) is 0 Å². The van der Waals surface area contributed by atoms with Gasteiger partial charge in [0.1, 0.15) is 0 Å². The molecule has 0 spiro atoms. The number of halogens is 1. The van der Waals surface area contributed by atoms with Crippen LogP contribution in [0.4, 0.5) is 0 Å². The first-order chi connectivity index (χ1) is 7.47. The molecule has 6 heteroatoms. The molecule has 16 heavy (non-hydrogen) atoms. The van der Waals surface area contributed by atoms with E-state index in [1.54, 1.807) is 14.1 Å². The monoisotopic (exact) mass is 312 g/mol. The Morgan fingerprint density at radius 1 is 1.25 bits per heavy atom. The van der Waals surface area contributed by atoms with Crippen LogP contribution >= 0.6 is 15.9 Å². The number of hydrogen-bond donors (Lipinski definition) is 1. The van der Waals surface area contributed by atoms with Crippen molar-refractivity contribution in [2.75, 3.05) is 26.0 Å². The first-order valence-electron chi connectivity index (χ1n) is 5.70. The molecule has 1 rings (SSSR count). The van der Waals surface area contributed by atoms with Crippen LogP contribution in [0, 0.1) is 11.8 Å². The first kappa shape index (κ1) is 14.4. The number of nitrogens with one attached hydrogen (secondary N) is 1. The Morgan fingerprint density at radius 2 is 1.81 bits per heavy atom. The Morgan fingerprint density at radius 3 is 2.31 bits per heavy atom. The van der Waals surface area contributed by atoms with Crippen LogP contribution in [0.15, 0.2) is 0 Å². The van der Waals surface area contributed by atoms with E-state index in [0.29, 0.717) is 18.4 Å². The van der Waals surface area contributed by atoms with Gasteiger partial charge in [-0.2, -0.15) is 12.7 Å². The molecule has 0 bridgehead atoms. The summed E-state index contributed by atoms with van der Waals surface area (Å²) < 4.78 is 27.0. The van der Waals surface area contributed by atoms with Gasteiger partial charge in [0.05, 0.1) is 0 Å². The molecule has 1 fully saturated rings. The molecule has 1 aliphatic carbocycles. The molecule has 0 amide bonds. The summed E-state index contributed by atoms with van der Waals surface area (Å²) in [5.74, 6) is 1.08. The zero-order valence-electron chi connectivity index (χ0n) is 9.95. The molecule has 0 aromatic carbocycles. The van der Waals surface area contributed by atoms with Gasteiger partial charge in [-0.25, -0.2) is 4.72 Å². The lowest BCUT2D eigenvalue weighted by Crippen LogP contribution is -2.40. The minimum atomic E-state index is -3.26. The highest BCUT2D eigenvalue weighted by Crippen LogP contribution is 2.30. The van der Waals surface area contributed by atoms with Crippen LogP contribution in [-0.2, 0) is 10.2 Å². The van der Waals surface area contributed by atoms with E-state index >= 15 is 0 Å². The average Bonchev–Trinajstić information content (AvgIpc) is 2.26. The fourth-order valence-electron chi connectivity index (χ4n) is 2.10. The Bertz CT molecular complexity index is 306. The Hall–Kier alpha value is 0.350. The lowest BCUT2D eigenvalue weighted by molar-refractivity contribution is 0.262. The van der Waals surface area contributed by atoms with Gasteiger partial charge in [-0.3, -0.25) is 0 Å². The first-order valence-corrected chi connectivity index (χ1v) is 8.26. The molecular weight excluding hydrogens is 292 g/mol. The molecule has 1 N–H and O–H groups in total. The zero-order chi connectivity index (χ0) is 12.2. The molecule has 4 nitrogen and oxygen atoms in total. The standard InChI is InChI=1S/C10H21BrN2O2S/c1-13(2)16(14,15)12-8-10-6-4-3-5-9(10)7-11/h9-10,12H,3-8H2,1-2H3. The van der Waals surface area contributed by atoms with Crippen molar-refractivity contribution in [3.8, 4) is 0 Å². The fraction of sp³-hybridized carbons (Fsp3) is 1.00. The molecule has 2 atom stereocenters. The van der Waals surface area contributed by atoms with Crippen molar-refractivity contribution in [1.29, 1.82) is 0 Å². The van der Waals surface area contributed by atoms with Gasteiger partial charge in [-0.1, -0.05) is 28.8 Å². The highest BCUT2D eigenvalue weighted by Gasteiger charge is 2.25. The van der Waals surface area contributed by atoms with E-state index in [9.17, 15) is 8.42 Å². The van der Waals surface area contributed by atoms with E-state index in [1.165, 1.54) is 23.6 Å². The zero-order valence-corrected chi connectivity index (χ0v) is 12.3. The van der Waals surface area contributed by atoms with Crippen molar-refractivity contribution < 1.29 is 8.42 Å². The number of rotatable bonds is 5. The predicted molar refractivity (Wildman–Crippen MR) is 69.9 cm³/mol. The second-order valence-corrected chi connectivity index (χ2v) is 7.21. The van der Waals surface area contributed by atoms with E-state index in [-0.39, 0.29) is 0 Å². The van der Waals surface area contributed by atoms with Gasteiger partial charge < -0.3 is 0 Å². The normalized spacial score (nSPS) is 27.2. The van der Waals surface area contributed by atoms with Crippen molar-refractivity contribution in [3.63, 3.8) is 0 Å². The summed E-state index contributed by atoms with van der Waals surface area (Å²) in [5, 5.41) is 0.974. The van der Waals surface area contributed by atoms with Gasteiger partial charge in [0, 0.05) is 26.0 Å². The summed E-state index contributed by atoms with van der Waals surface area (Å²) >= 11 is 3.51. The maximum absolute atomic E-state index is 11.6. The SMILES string of the molecule is CN(C)S(=O)(=O)NCC1CCCCC1CBr. The quantitative estimate of drug-likeness (QED) is 0.784. The molecule has 1 aliphatic rings. The van der Waals surface area contributed by atoms with Crippen molar-refractivity contribution in [1.82, 2.24) is 9.03 Å². The molecule has 0 heterocycles. The van der Waals surface area contributed by atoms with E-state index in [1.807, 2.05) is 0 Å². The summed E-state index contributed by atoms with van der Waals surface area (Å²) in [4.78, 5) is 0. The van der Waals surface area contributed by atoms with Crippen LogP contribution < -0.4 is 4.72 Å². The molecule has 96 valence electrons. The minimum absolute atomic E-state index is 0.475. The molecule has 1 saturated carbocycles. The van der Waals surface area contributed by atoms with Gasteiger partial charge in [0.2, 0.25) is 0 Å². The molecule has 0 saturated heterocycles. The summed E-state index contributed by atoms with van der Waals surface area (Å²) in [6.07, 6.45) is 4.83. The Kier molecular flexibility index (Phi) is 5.70. The summed E-state index contributed by atoms with van der Waals surface area (Å²) in [6, 6.07) is 0. The van der Waals surface area contributed by atoms with Gasteiger partial charge >= 0.3 is 0 Å². The van der Waals surface area contributed by atoms with Crippen LogP contribution in [0.2, 0.25) is 0 Å². The maximum Gasteiger partial charge on any atom is 0.278 e. The van der Waals surface area contributed by atoms with E-state index < -0.39 is 10.2 Å². The van der Waals surface area contributed by atoms with Gasteiger partial charge in [0.15, 0.2) is 0 Å². The highest BCUT2D eigenvalue weighted by atomic mass is 79.9. The van der Waals surface area contributed by atoms with Crippen LogP contribution in [0.25, 0.3) is 0 Å². The third-order valence-electron chi connectivity index (χ3n) is 3.27. The van der Waals surface area contributed by atoms with Crippen LogP contribution in [-0.4, -0.2) is 38.7 Å². The number of nitrogens with zero attached hydrogens (tertiary/aromatic N) is 1. The topological polar surface area (TPSA) is 49.4 Å². The van der Waals surface area contributed by atoms with E-state index in [4.69, 9.17) is 0 Å². The predicted octanol–water partition coefficient (Wildman–Crippen LogP) is 1.58. The summed E-state index contributed by atoms with van der Waals surface area (Å²) in [7, 11) is -0.168. The van der Waals surface area contributed by atoms with Crippen molar-refractivity contribution in [2.24, 2.45) is 11.8 Å². The van der Waals surface area contributed by atoms with Gasteiger partial charge in [-0.05, 0) is 24.7 Å². The maximum atomic E-state index is 11.6. The third-order valence-corrected chi connectivity index (χ3v) is 5.60. The average molecular weight is 313 g/mol. The van der Waals surface area contributed by atoms with Gasteiger partial charge in [0.25, 0.3) is 10.2 Å². The molecule has 2 unspecified atom stereocenters. The second kappa shape index (κ2) is 6.33. The van der Waals surface area contributed by atoms with Crippen LogP contribution in [0.3, 0.4) is 0 Å². The van der Waals surface area contributed by atoms with Gasteiger partial charge in [-0.15, -0.1) is 0 Å². The summed E-state index contributed by atoms with van der Waals surface area (Å²) in [6.45, 7) is 0.566. The third kappa shape index (κ3) is 3.98. The molecule has 0 radical (unpaired) electrons. The lowest BCUT2D eigenvalue weighted by Gasteiger charge is -2.30. The Labute approximate surface area is 107 Å². The minimum Gasteiger partial charge on any atom is -0.202 e.